The van der Waals surface area contributed by atoms with Crippen LogP contribution in [0.3, 0.4) is 0 Å². The van der Waals surface area contributed by atoms with Gasteiger partial charge in [-0.05, 0) is 43.0 Å². The van der Waals surface area contributed by atoms with Crippen LogP contribution in [0.25, 0.3) is 0 Å². The van der Waals surface area contributed by atoms with Crippen LogP contribution in [-0.4, -0.2) is 30.6 Å². The second kappa shape index (κ2) is 5.92. The Hall–Kier alpha value is -0.770. The molecule has 0 amide bonds. The molecule has 2 unspecified atom stereocenters. The molecule has 0 aromatic heterocycles. The molecule has 0 bridgehead atoms. The Kier molecular flexibility index (Phi) is 4.20. The Labute approximate surface area is 126 Å². The maximum Gasteiger partial charge on any atom is 0.127 e. The van der Waals surface area contributed by atoms with Gasteiger partial charge in [-0.15, -0.1) is 0 Å². The minimum Gasteiger partial charge on any atom is -0.493 e. The lowest BCUT2D eigenvalue weighted by molar-refractivity contribution is 0.0981. The van der Waals surface area contributed by atoms with Gasteiger partial charge in [-0.2, -0.15) is 0 Å². The van der Waals surface area contributed by atoms with Gasteiger partial charge in [0, 0.05) is 36.1 Å². The summed E-state index contributed by atoms with van der Waals surface area (Å²) in [7, 11) is 0. The van der Waals surface area contributed by atoms with E-state index in [1.54, 1.807) is 0 Å². The van der Waals surface area contributed by atoms with Crippen LogP contribution in [0.15, 0.2) is 12.1 Å². The zero-order valence-electron chi connectivity index (χ0n) is 12.1. The molecule has 110 valence electrons. The van der Waals surface area contributed by atoms with Gasteiger partial charge in [-0.3, -0.25) is 4.90 Å². The zero-order valence-corrected chi connectivity index (χ0v) is 12.8. The van der Waals surface area contributed by atoms with Crippen molar-refractivity contribution >= 4 is 11.6 Å². The van der Waals surface area contributed by atoms with E-state index >= 15 is 0 Å². The monoisotopic (exact) mass is 294 g/mol. The van der Waals surface area contributed by atoms with Crippen molar-refractivity contribution in [2.75, 3.05) is 19.7 Å². The van der Waals surface area contributed by atoms with Crippen molar-refractivity contribution in [1.29, 1.82) is 0 Å². The maximum atomic E-state index is 6.25. The molecular formula is C16H23ClN2O. The van der Waals surface area contributed by atoms with Crippen molar-refractivity contribution in [3.63, 3.8) is 0 Å². The molecule has 0 radical (unpaired) electrons. The number of hydrogen-bond donors (Lipinski definition) is 1. The maximum absolute atomic E-state index is 6.25. The summed E-state index contributed by atoms with van der Waals surface area (Å²) in [6, 6.07) is 4.56. The second-order valence-electron chi connectivity index (χ2n) is 6.04. The van der Waals surface area contributed by atoms with Crippen LogP contribution in [0.5, 0.6) is 5.75 Å². The average Bonchev–Trinajstić information content (AvgIpc) is 2.87. The predicted octanol–water partition coefficient (Wildman–Crippen LogP) is 2.83. The predicted molar refractivity (Wildman–Crippen MR) is 82.3 cm³/mol. The van der Waals surface area contributed by atoms with Crippen LogP contribution in [0.1, 0.15) is 30.9 Å². The molecule has 4 heteroatoms. The minimum atomic E-state index is 0.472. The standard InChI is InChI=1S/C16H23ClN2O/c1-11-3-2-5-19(15(11)9-18)10-13-8-14(17)7-12-4-6-20-16(12)13/h7-8,11,15H,2-6,9-10,18H2,1H3. The highest BCUT2D eigenvalue weighted by Gasteiger charge is 2.29. The Morgan fingerprint density at radius 3 is 3.10 bits per heavy atom. The third kappa shape index (κ3) is 2.67. The molecule has 1 aromatic carbocycles. The zero-order chi connectivity index (χ0) is 14.1. The molecule has 1 saturated heterocycles. The fourth-order valence-electron chi connectivity index (χ4n) is 3.59. The lowest BCUT2D eigenvalue weighted by Crippen LogP contribution is -2.48. The van der Waals surface area contributed by atoms with Crippen molar-refractivity contribution in [3.05, 3.63) is 28.3 Å². The second-order valence-corrected chi connectivity index (χ2v) is 6.48. The number of likely N-dealkylation sites (tertiary alicyclic amines) is 1. The van der Waals surface area contributed by atoms with Gasteiger partial charge in [0.1, 0.15) is 5.75 Å². The van der Waals surface area contributed by atoms with Crippen molar-refractivity contribution in [3.8, 4) is 5.75 Å². The minimum absolute atomic E-state index is 0.472. The number of halogens is 1. The summed E-state index contributed by atoms with van der Waals surface area (Å²) >= 11 is 6.25. The molecule has 0 spiro atoms. The molecule has 2 aliphatic heterocycles. The number of nitrogens with two attached hydrogens (primary N) is 1. The van der Waals surface area contributed by atoms with E-state index in [1.807, 2.05) is 6.07 Å². The molecule has 3 rings (SSSR count). The summed E-state index contributed by atoms with van der Waals surface area (Å²) in [5.41, 5.74) is 8.45. The normalized spacial score (nSPS) is 26.4. The lowest BCUT2D eigenvalue weighted by atomic mass is 9.90. The summed E-state index contributed by atoms with van der Waals surface area (Å²) in [6.07, 6.45) is 3.50. The number of benzene rings is 1. The fraction of sp³-hybridized carbons (Fsp3) is 0.625. The highest BCUT2D eigenvalue weighted by atomic mass is 35.5. The smallest absolute Gasteiger partial charge is 0.127 e. The van der Waals surface area contributed by atoms with Crippen LogP contribution in [0.4, 0.5) is 0 Å². The molecular weight excluding hydrogens is 272 g/mol. The Balaban J connectivity index is 1.84. The van der Waals surface area contributed by atoms with Gasteiger partial charge < -0.3 is 10.5 Å². The van der Waals surface area contributed by atoms with E-state index in [9.17, 15) is 0 Å². The molecule has 2 N–H and O–H groups in total. The molecule has 2 heterocycles. The van der Waals surface area contributed by atoms with E-state index in [0.717, 1.165) is 43.4 Å². The third-order valence-electron chi connectivity index (χ3n) is 4.67. The molecule has 0 aliphatic carbocycles. The third-order valence-corrected chi connectivity index (χ3v) is 4.89. The van der Waals surface area contributed by atoms with E-state index in [1.165, 1.54) is 24.0 Å². The Morgan fingerprint density at radius 1 is 1.45 bits per heavy atom. The van der Waals surface area contributed by atoms with Gasteiger partial charge in [0.25, 0.3) is 0 Å². The highest BCUT2D eigenvalue weighted by Crippen LogP contribution is 2.35. The summed E-state index contributed by atoms with van der Waals surface area (Å²) in [5.74, 6) is 1.73. The van der Waals surface area contributed by atoms with Crippen LogP contribution < -0.4 is 10.5 Å². The van der Waals surface area contributed by atoms with Gasteiger partial charge in [0.15, 0.2) is 0 Å². The van der Waals surface area contributed by atoms with Crippen molar-refractivity contribution in [2.45, 2.75) is 38.8 Å². The highest BCUT2D eigenvalue weighted by molar-refractivity contribution is 6.30. The first-order valence-corrected chi connectivity index (χ1v) is 7.95. The van der Waals surface area contributed by atoms with Crippen LogP contribution in [0.2, 0.25) is 5.02 Å². The first-order valence-electron chi connectivity index (χ1n) is 7.57. The van der Waals surface area contributed by atoms with Crippen LogP contribution in [0, 0.1) is 5.92 Å². The van der Waals surface area contributed by atoms with Crippen LogP contribution >= 0.6 is 11.6 Å². The molecule has 20 heavy (non-hydrogen) atoms. The molecule has 0 saturated carbocycles. The van der Waals surface area contributed by atoms with E-state index in [4.69, 9.17) is 22.1 Å². The van der Waals surface area contributed by atoms with Gasteiger partial charge in [-0.25, -0.2) is 0 Å². The molecule has 2 aliphatic rings. The summed E-state index contributed by atoms with van der Waals surface area (Å²) < 4.78 is 5.81. The van der Waals surface area contributed by atoms with Crippen molar-refractivity contribution in [2.24, 2.45) is 11.7 Å². The molecule has 1 fully saturated rings. The van der Waals surface area contributed by atoms with E-state index in [-0.39, 0.29) is 0 Å². The number of fused-ring (bicyclic) bond motifs is 1. The molecule has 2 atom stereocenters. The quantitative estimate of drug-likeness (QED) is 0.932. The fourth-order valence-corrected chi connectivity index (χ4v) is 3.86. The number of ether oxygens (including phenoxy) is 1. The summed E-state index contributed by atoms with van der Waals surface area (Å²) in [6.45, 7) is 5.83. The van der Waals surface area contributed by atoms with Crippen LogP contribution in [-0.2, 0) is 13.0 Å². The van der Waals surface area contributed by atoms with Crippen molar-refractivity contribution < 1.29 is 4.74 Å². The van der Waals surface area contributed by atoms with E-state index in [0.29, 0.717) is 12.0 Å². The van der Waals surface area contributed by atoms with Gasteiger partial charge in [-0.1, -0.05) is 18.5 Å². The van der Waals surface area contributed by atoms with E-state index < -0.39 is 0 Å². The summed E-state index contributed by atoms with van der Waals surface area (Å²) in [5, 5.41) is 0.818. The SMILES string of the molecule is CC1CCCN(Cc2cc(Cl)cc3c2OCC3)C1CN. The lowest BCUT2D eigenvalue weighted by Gasteiger charge is -2.39. The number of hydrogen-bond acceptors (Lipinski definition) is 3. The number of nitrogens with zero attached hydrogens (tertiary/aromatic N) is 1. The first kappa shape index (κ1) is 14.2. The molecule has 3 nitrogen and oxygen atoms in total. The first-order chi connectivity index (χ1) is 9.69. The summed E-state index contributed by atoms with van der Waals surface area (Å²) in [4.78, 5) is 2.50. The van der Waals surface area contributed by atoms with Gasteiger partial charge in [0.2, 0.25) is 0 Å². The van der Waals surface area contributed by atoms with Gasteiger partial charge in [0.05, 0.1) is 6.61 Å². The topological polar surface area (TPSA) is 38.5 Å². The Bertz CT molecular complexity index is 492. The van der Waals surface area contributed by atoms with Gasteiger partial charge >= 0.3 is 0 Å². The largest absolute Gasteiger partial charge is 0.493 e. The number of piperidine rings is 1. The van der Waals surface area contributed by atoms with Crippen molar-refractivity contribution in [1.82, 2.24) is 4.90 Å². The molecule has 1 aromatic rings. The average molecular weight is 295 g/mol. The Morgan fingerprint density at radius 2 is 2.30 bits per heavy atom. The van der Waals surface area contributed by atoms with E-state index in [2.05, 4.69) is 17.9 Å². The number of rotatable bonds is 3.